The number of ether oxygens (including phenoxy) is 1. The summed E-state index contributed by atoms with van der Waals surface area (Å²) in [5, 5.41) is 0. The van der Waals surface area contributed by atoms with Crippen molar-refractivity contribution in [3.63, 3.8) is 0 Å². The Kier molecular flexibility index (Phi) is 4.20. The van der Waals surface area contributed by atoms with Crippen LogP contribution >= 0.6 is 0 Å². The number of aromatic nitrogens is 4. The molecule has 0 bridgehead atoms. The molecule has 3 aromatic rings. The number of fused-ring (bicyclic) bond motifs is 1. The number of methoxy groups -OCH3 is 1. The fraction of sp³-hybridized carbons (Fsp3) is 0.389. The van der Waals surface area contributed by atoms with Crippen molar-refractivity contribution in [1.82, 2.24) is 18.7 Å². The van der Waals surface area contributed by atoms with Gasteiger partial charge >= 0.3 is 5.69 Å². The van der Waals surface area contributed by atoms with Gasteiger partial charge in [0.15, 0.2) is 11.2 Å². The van der Waals surface area contributed by atoms with Crippen LogP contribution in [0.25, 0.3) is 16.9 Å². The largest absolute Gasteiger partial charge is 0.383 e. The van der Waals surface area contributed by atoms with Crippen molar-refractivity contribution in [2.24, 2.45) is 5.92 Å². The van der Waals surface area contributed by atoms with E-state index in [9.17, 15) is 14.0 Å². The van der Waals surface area contributed by atoms with Crippen LogP contribution in [0.4, 0.5) is 4.39 Å². The molecule has 0 aliphatic heterocycles. The van der Waals surface area contributed by atoms with Gasteiger partial charge in [-0.3, -0.25) is 9.36 Å². The van der Waals surface area contributed by atoms with Gasteiger partial charge in [0.25, 0.3) is 5.56 Å². The monoisotopic (exact) mass is 358 g/mol. The molecule has 1 aliphatic carbocycles. The zero-order chi connectivity index (χ0) is 18.3. The first kappa shape index (κ1) is 16.7. The molecule has 1 aromatic carbocycles. The Bertz CT molecular complexity index is 1080. The number of benzene rings is 1. The summed E-state index contributed by atoms with van der Waals surface area (Å²) in [6.07, 6.45) is 3.84. The van der Waals surface area contributed by atoms with Crippen molar-refractivity contribution >= 4 is 11.2 Å². The lowest BCUT2D eigenvalue weighted by Gasteiger charge is -2.12. The Labute approximate surface area is 148 Å². The first-order chi connectivity index (χ1) is 12.6. The van der Waals surface area contributed by atoms with Crippen molar-refractivity contribution in [2.75, 3.05) is 13.7 Å². The molecule has 7 nitrogen and oxygen atoms in total. The highest BCUT2D eigenvalue weighted by Crippen LogP contribution is 2.31. The molecule has 8 heteroatoms. The van der Waals surface area contributed by atoms with Gasteiger partial charge in [0.2, 0.25) is 0 Å². The maximum absolute atomic E-state index is 13.7. The molecule has 0 unspecified atom stereocenters. The van der Waals surface area contributed by atoms with E-state index < -0.39 is 17.1 Å². The summed E-state index contributed by atoms with van der Waals surface area (Å²) in [5.74, 6) is 0.0726. The predicted molar refractivity (Wildman–Crippen MR) is 94.1 cm³/mol. The minimum atomic E-state index is -0.554. The zero-order valence-corrected chi connectivity index (χ0v) is 14.4. The first-order valence-corrected chi connectivity index (χ1v) is 8.55. The van der Waals surface area contributed by atoms with E-state index in [2.05, 4.69) is 4.98 Å². The zero-order valence-electron chi connectivity index (χ0n) is 14.4. The predicted octanol–water partition coefficient (Wildman–Crippen LogP) is 1.54. The van der Waals surface area contributed by atoms with Gasteiger partial charge in [-0.25, -0.2) is 18.7 Å². The van der Waals surface area contributed by atoms with Crippen molar-refractivity contribution in [3.05, 3.63) is 57.2 Å². The number of rotatable bonds is 6. The Morgan fingerprint density at radius 3 is 2.81 bits per heavy atom. The quantitative estimate of drug-likeness (QED) is 0.670. The molecule has 1 saturated carbocycles. The highest BCUT2D eigenvalue weighted by atomic mass is 19.1. The Morgan fingerprint density at radius 2 is 2.12 bits per heavy atom. The van der Waals surface area contributed by atoms with Gasteiger partial charge < -0.3 is 9.30 Å². The summed E-state index contributed by atoms with van der Waals surface area (Å²) in [5.41, 5.74) is -0.00528. The third kappa shape index (κ3) is 2.86. The van der Waals surface area contributed by atoms with E-state index in [0.29, 0.717) is 23.7 Å². The number of hydrogen-bond acceptors (Lipinski definition) is 4. The van der Waals surface area contributed by atoms with E-state index in [-0.39, 0.29) is 18.8 Å². The van der Waals surface area contributed by atoms with E-state index in [4.69, 9.17) is 4.74 Å². The molecule has 0 amide bonds. The normalized spacial score (nSPS) is 14.2. The summed E-state index contributed by atoms with van der Waals surface area (Å²) in [6.45, 7) is 1.03. The van der Waals surface area contributed by atoms with Gasteiger partial charge in [-0.15, -0.1) is 0 Å². The van der Waals surface area contributed by atoms with E-state index in [1.165, 1.54) is 29.9 Å². The van der Waals surface area contributed by atoms with Gasteiger partial charge in [-0.1, -0.05) is 6.07 Å². The van der Waals surface area contributed by atoms with Crippen LogP contribution in [-0.2, 0) is 17.8 Å². The molecular formula is C18H19FN4O3. The molecule has 0 saturated heterocycles. The van der Waals surface area contributed by atoms with Crippen LogP contribution in [0.2, 0.25) is 0 Å². The average Bonchev–Trinajstić information content (AvgIpc) is 3.34. The van der Waals surface area contributed by atoms with Crippen LogP contribution in [0.5, 0.6) is 0 Å². The van der Waals surface area contributed by atoms with Gasteiger partial charge in [-0.2, -0.15) is 0 Å². The lowest BCUT2D eigenvalue weighted by molar-refractivity contribution is 0.184. The topological polar surface area (TPSA) is 71.1 Å². The SMILES string of the molecule is COCCn1c(=O)c2c(ncn2CC2CC2)n(-c2cccc(F)c2)c1=O. The molecule has 2 aromatic heterocycles. The van der Waals surface area contributed by atoms with Crippen LogP contribution in [0.1, 0.15) is 12.8 Å². The van der Waals surface area contributed by atoms with Gasteiger partial charge in [0.1, 0.15) is 5.82 Å². The molecule has 0 N–H and O–H groups in total. The van der Waals surface area contributed by atoms with Crippen molar-refractivity contribution in [3.8, 4) is 5.69 Å². The molecule has 1 aliphatic rings. The molecule has 26 heavy (non-hydrogen) atoms. The van der Waals surface area contributed by atoms with Gasteiger partial charge in [0.05, 0.1) is 25.2 Å². The number of hydrogen-bond donors (Lipinski definition) is 0. The Morgan fingerprint density at radius 1 is 1.31 bits per heavy atom. The third-order valence-corrected chi connectivity index (χ3v) is 4.64. The summed E-state index contributed by atoms with van der Waals surface area (Å²) in [7, 11) is 1.51. The standard InChI is InChI=1S/C18H19FN4O3/c1-26-8-7-22-17(24)15-16(20-11-21(15)10-12-5-6-12)23(18(22)25)14-4-2-3-13(19)9-14/h2-4,9,11-12H,5-8,10H2,1H3. The smallest absolute Gasteiger partial charge is 0.337 e. The molecule has 0 radical (unpaired) electrons. The Hall–Kier alpha value is -2.74. The molecule has 0 spiro atoms. The summed E-state index contributed by atoms with van der Waals surface area (Å²) in [4.78, 5) is 30.2. The van der Waals surface area contributed by atoms with Crippen LogP contribution in [0.15, 0.2) is 40.2 Å². The van der Waals surface area contributed by atoms with Crippen molar-refractivity contribution in [1.29, 1.82) is 0 Å². The highest BCUT2D eigenvalue weighted by Gasteiger charge is 2.25. The lowest BCUT2D eigenvalue weighted by atomic mass is 10.3. The second-order valence-corrected chi connectivity index (χ2v) is 6.56. The second-order valence-electron chi connectivity index (χ2n) is 6.56. The van der Waals surface area contributed by atoms with Gasteiger partial charge in [-0.05, 0) is 37.0 Å². The van der Waals surface area contributed by atoms with Crippen molar-refractivity contribution < 1.29 is 9.13 Å². The van der Waals surface area contributed by atoms with E-state index in [1.807, 2.05) is 0 Å². The maximum Gasteiger partial charge on any atom is 0.337 e. The molecule has 2 heterocycles. The summed E-state index contributed by atoms with van der Waals surface area (Å²) in [6, 6.07) is 5.70. The molecular weight excluding hydrogens is 339 g/mol. The molecule has 1 fully saturated rings. The number of nitrogens with zero attached hydrogens (tertiary/aromatic N) is 4. The Balaban J connectivity index is 2.01. The van der Waals surface area contributed by atoms with Crippen LogP contribution < -0.4 is 11.2 Å². The van der Waals surface area contributed by atoms with E-state index in [0.717, 1.165) is 17.4 Å². The third-order valence-electron chi connectivity index (χ3n) is 4.64. The van der Waals surface area contributed by atoms with Crippen LogP contribution in [-0.4, -0.2) is 32.4 Å². The maximum atomic E-state index is 13.7. The van der Waals surface area contributed by atoms with E-state index in [1.54, 1.807) is 17.0 Å². The minimum Gasteiger partial charge on any atom is -0.383 e. The van der Waals surface area contributed by atoms with Crippen molar-refractivity contribution in [2.45, 2.75) is 25.9 Å². The van der Waals surface area contributed by atoms with Crippen LogP contribution in [0.3, 0.4) is 0 Å². The number of imidazole rings is 1. The fourth-order valence-electron chi connectivity index (χ4n) is 3.12. The number of halogens is 1. The summed E-state index contributed by atoms with van der Waals surface area (Å²) >= 11 is 0. The minimum absolute atomic E-state index is 0.119. The summed E-state index contributed by atoms with van der Waals surface area (Å²) < 4.78 is 23.0. The molecule has 136 valence electrons. The molecule has 4 rings (SSSR count). The van der Waals surface area contributed by atoms with E-state index >= 15 is 0 Å². The van der Waals surface area contributed by atoms with Gasteiger partial charge in [0, 0.05) is 13.7 Å². The molecule has 0 atom stereocenters. The highest BCUT2D eigenvalue weighted by molar-refractivity contribution is 5.72. The first-order valence-electron chi connectivity index (χ1n) is 8.55. The van der Waals surface area contributed by atoms with Crippen LogP contribution in [0, 0.1) is 11.7 Å². The average molecular weight is 358 g/mol. The fourth-order valence-corrected chi connectivity index (χ4v) is 3.12. The second kappa shape index (κ2) is 6.53. The lowest BCUT2D eigenvalue weighted by Crippen LogP contribution is -2.41.